The van der Waals surface area contributed by atoms with Gasteiger partial charge in [-0.25, -0.2) is 9.97 Å². The molecular weight excluding hydrogens is 300 g/mol. The first kappa shape index (κ1) is 16.9. The van der Waals surface area contributed by atoms with Crippen LogP contribution in [0.25, 0.3) is 0 Å². The highest BCUT2D eigenvalue weighted by molar-refractivity contribution is 5.27. The SMILES string of the molecule is CCC(Nc1nccc(C)n1)C1CN(Cc2ccccc2)CCO1. The molecule has 0 amide bonds. The molecular formula is C19H26N4O. The van der Waals surface area contributed by atoms with Crippen LogP contribution in [0.1, 0.15) is 24.6 Å². The molecule has 1 saturated heterocycles. The largest absolute Gasteiger partial charge is 0.373 e. The molecule has 1 fully saturated rings. The molecule has 0 spiro atoms. The monoisotopic (exact) mass is 326 g/mol. The number of nitrogens with zero attached hydrogens (tertiary/aromatic N) is 3. The van der Waals surface area contributed by atoms with Gasteiger partial charge in [-0.2, -0.15) is 0 Å². The van der Waals surface area contributed by atoms with Crippen molar-refractivity contribution in [2.24, 2.45) is 0 Å². The van der Waals surface area contributed by atoms with Gasteiger partial charge in [0.1, 0.15) is 0 Å². The third-order valence-electron chi connectivity index (χ3n) is 4.42. The molecule has 1 N–H and O–H groups in total. The van der Waals surface area contributed by atoms with Crippen molar-refractivity contribution in [3.63, 3.8) is 0 Å². The number of hydrogen-bond donors (Lipinski definition) is 1. The predicted octanol–water partition coefficient (Wildman–Crippen LogP) is 2.88. The van der Waals surface area contributed by atoms with E-state index < -0.39 is 0 Å². The predicted molar refractivity (Wildman–Crippen MR) is 95.9 cm³/mol. The van der Waals surface area contributed by atoms with Crippen LogP contribution in [-0.2, 0) is 11.3 Å². The second-order valence-electron chi connectivity index (χ2n) is 6.31. The summed E-state index contributed by atoms with van der Waals surface area (Å²) in [6.45, 7) is 7.79. The van der Waals surface area contributed by atoms with Crippen LogP contribution in [0, 0.1) is 6.92 Å². The molecule has 5 heteroatoms. The number of rotatable bonds is 6. The first-order chi connectivity index (χ1) is 11.7. The lowest BCUT2D eigenvalue weighted by Crippen LogP contribution is -2.49. The van der Waals surface area contributed by atoms with Crippen molar-refractivity contribution >= 4 is 5.95 Å². The van der Waals surface area contributed by atoms with Crippen molar-refractivity contribution in [3.05, 3.63) is 53.9 Å². The van der Waals surface area contributed by atoms with E-state index in [1.807, 2.05) is 13.0 Å². The number of aromatic nitrogens is 2. The Morgan fingerprint density at radius 3 is 2.88 bits per heavy atom. The summed E-state index contributed by atoms with van der Waals surface area (Å²) >= 11 is 0. The van der Waals surface area contributed by atoms with Crippen molar-refractivity contribution in [1.29, 1.82) is 0 Å². The fourth-order valence-electron chi connectivity index (χ4n) is 3.10. The van der Waals surface area contributed by atoms with Crippen molar-refractivity contribution < 1.29 is 4.74 Å². The molecule has 128 valence electrons. The van der Waals surface area contributed by atoms with E-state index in [2.05, 4.69) is 57.4 Å². The van der Waals surface area contributed by atoms with Gasteiger partial charge in [0.2, 0.25) is 5.95 Å². The smallest absolute Gasteiger partial charge is 0.223 e. The van der Waals surface area contributed by atoms with Crippen LogP contribution in [0.2, 0.25) is 0 Å². The van der Waals surface area contributed by atoms with E-state index in [0.717, 1.165) is 38.4 Å². The number of aryl methyl sites for hydroxylation is 1. The number of anilines is 1. The molecule has 2 aromatic rings. The maximum absolute atomic E-state index is 6.04. The van der Waals surface area contributed by atoms with Crippen molar-refractivity contribution in [1.82, 2.24) is 14.9 Å². The van der Waals surface area contributed by atoms with Gasteiger partial charge in [0, 0.05) is 31.5 Å². The summed E-state index contributed by atoms with van der Waals surface area (Å²) in [5.41, 5.74) is 2.32. The fourth-order valence-corrected chi connectivity index (χ4v) is 3.10. The molecule has 5 nitrogen and oxygen atoms in total. The minimum atomic E-state index is 0.150. The van der Waals surface area contributed by atoms with Gasteiger partial charge >= 0.3 is 0 Å². The minimum Gasteiger partial charge on any atom is -0.373 e. The number of morpholine rings is 1. The van der Waals surface area contributed by atoms with Gasteiger partial charge in [0.25, 0.3) is 0 Å². The Hall–Kier alpha value is -1.98. The van der Waals surface area contributed by atoms with Gasteiger partial charge in [-0.3, -0.25) is 4.90 Å². The molecule has 0 bridgehead atoms. The number of hydrogen-bond acceptors (Lipinski definition) is 5. The highest BCUT2D eigenvalue weighted by Crippen LogP contribution is 2.17. The topological polar surface area (TPSA) is 50.3 Å². The van der Waals surface area contributed by atoms with Gasteiger partial charge in [-0.05, 0) is 25.0 Å². The average molecular weight is 326 g/mol. The normalized spacial score (nSPS) is 19.8. The number of nitrogens with one attached hydrogen (secondary N) is 1. The fraction of sp³-hybridized carbons (Fsp3) is 0.474. The van der Waals surface area contributed by atoms with Crippen LogP contribution in [0.15, 0.2) is 42.6 Å². The Morgan fingerprint density at radius 1 is 1.29 bits per heavy atom. The molecule has 2 heterocycles. The zero-order valence-electron chi connectivity index (χ0n) is 14.5. The second kappa shape index (κ2) is 8.22. The Balaban J connectivity index is 1.61. The zero-order chi connectivity index (χ0) is 16.8. The average Bonchev–Trinajstić information content (AvgIpc) is 2.61. The standard InChI is InChI=1S/C19H26N4O/c1-3-17(22-19-20-10-9-15(2)21-19)18-14-23(11-12-24-18)13-16-7-5-4-6-8-16/h4-10,17-18H,3,11-14H2,1-2H3,(H,20,21,22). The molecule has 1 aliphatic heterocycles. The van der Waals surface area contributed by atoms with Gasteiger partial charge < -0.3 is 10.1 Å². The lowest BCUT2D eigenvalue weighted by atomic mass is 10.1. The van der Waals surface area contributed by atoms with Gasteiger partial charge in [-0.1, -0.05) is 37.3 Å². The van der Waals surface area contributed by atoms with Crippen LogP contribution in [0.4, 0.5) is 5.95 Å². The number of benzene rings is 1. The Labute approximate surface area is 144 Å². The molecule has 1 aliphatic rings. The van der Waals surface area contributed by atoms with Gasteiger partial charge in [-0.15, -0.1) is 0 Å². The Morgan fingerprint density at radius 2 is 2.12 bits per heavy atom. The molecule has 0 radical (unpaired) electrons. The summed E-state index contributed by atoms with van der Waals surface area (Å²) in [7, 11) is 0. The minimum absolute atomic E-state index is 0.150. The van der Waals surface area contributed by atoms with E-state index in [4.69, 9.17) is 4.74 Å². The second-order valence-corrected chi connectivity index (χ2v) is 6.31. The van der Waals surface area contributed by atoms with Crippen molar-refractivity contribution in [2.45, 2.75) is 39.0 Å². The van der Waals surface area contributed by atoms with Crippen LogP contribution in [0.3, 0.4) is 0 Å². The lowest BCUT2D eigenvalue weighted by Gasteiger charge is -2.37. The zero-order valence-corrected chi connectivity index (χ0v) is 14.5. The summed E-state index contributed by atoms with van der Waals surface area (Å²) in [5.74, 6) is 0.686. The van der Waals surface area contributed by atoms with Crippen molar-refractivity contribution in [2.75, 3.05) is 25.0 Å². The first-order valence-electron chi connectivity index (χ1n) is 8.68. The highest BCUT2D eigenvalue weighted by Gasteiger charge is 2.27. The van der Waals surface area contributed by atoms with Crippen LogP contribution < -0.4 is 5.32 Å². The number of ether oxygens (including phenoxy) is 1. The van der Waals surface area contributed by atoms with E-state index >= 15 is 0 Å². The van der Waals surface area contributed by atoms with E-state index in [1.54, 1.807) is 6.20 Å². The Kier molecular flexibility index (Phi) is 5.77. The molecule has 1 aromatic carbocycles. The Bertz CT molecular complexity index is 634. The first-order valence-corrected chi connectivity index (χ1v) is 8.68. The van der Waals surface area contributed by atoms with E-state index in [0.29, 0.717) is 5.95 Å². The van der Waals surface area contributed by atoms with Crippen molar-refractivity contribution in [3.8, 4) is 0 Å². The maximum Gasteiger partial charge on any atom is 0.223 e. The van der Waals surface area contributed by atoms with Gasteiger partial charge in [0.05, 0.1) is 18.8 Å². The van der Waals surface area contributed by atoms with Gasteiger partial charge in [0.15, 0.2) is 0 Å². The third-order valence-corrected chi connectivity index (χ3v) is 4.42. The maximum atomic E-state index is 6.04. The molecule has 24 heavy (non-hydrogen) atoms. The summed E-state index contributed by atoms with van der Waals surface area (Å²) < 4.78 is 6.04. The van der Waals surface area contributed by atoms with Crippen LogP contribution in [-0.4, -0.2) is 46.7 Å². The van der Waals surface area contributed by atoms with E-state index in [9.17, 15) is 0 Å². The quantitative estimate of drug-likeness (QED) is 0.884. The highest BCUT2D eigenvalue weighted by atomic mass is 16.5. The van der Waals surface area contributed by atoms with Crippen LogP contribution in [0.5, 0.6) is 0 Å². The molecule has 0 saturated carbocycles. The molecule has 0 aliphatic carbocycles. The summed E-state index contributed by atoms with van der Waals surface area (Å²) in [5, 5.41) is 3.45. The summed E-state index contributed by atoms with van der Waals surface area (Å²) in [6.07, 6.45) is 2.92. The molecule has 3 rings (SSSR count). The molecule has 2 atom stereocenters. The third kappa shape index (κ3) is 4.52. The lowest BCUT2D eigenvalue weighted by molar-refractivity contribution is -0.0403. The molecule has 2 unspecified atom stereocenters. The van der Waals surface area contributed by atoms with E-state index in [1.165, 1.54) is 5.56 Å². The van der Waals surface area contributed by atoms with E-state index in [-0.39, 0.29) is 12.1 Å². The summed E-state index contributed by atoms with van der Waals surface area (Å²) in [4.78, 5) is 11.2. The van der Waals surface area contributed by atoms with Crippen LogP contribution >= 0.6 is 0 Å². The summed E-state index contributed by atoms with van der Waals surface area (Å²) in [6, 6.07) is 12.7. The molecule has 1 aromatic heterocycles.